The van der Waals surface area contributed by atoms with Gasteiger partial charge in [0.25, 0.3) is 0 Å². The number of nitrogens with one attached hydrogen (secondary N) is 1. The molecule has 0 radical (unpaired) electrons. The van der Waals surface area contributed by atoms with Gasteiger partial charge in [0.1, 0.15) is 5.75 Å². The fourth-order valence-electron chi connectivity index (χ4n) is 3.61. The number of hydrogen-bond donors (Lipinski definition) is 1. The number of hydrogen-bond acceptors (Lipinski definition) is 5. The molecule has 1 N–H and O–H groups in total. The van der Waals surface area contributed by atoms with Crippen molar-refractivity contribution in [1.82, 2.24) is 10.2 Å². The molecule has 2 aromatic carbocycles. The van der Waals surface area contributed by atoms with Crippen LogP contribution in [0.1, 0.15) is 29.2 Å². The first-order chi connectivity index (χ1) is 13.5. The third-order valence-corrected chi connectivity index (χ3v) is 5.22. The van der Waals surface area contributed by atoms with E-state index in [1.54, 1.807) is 14.2 Å². The van der Waals surface area contributed by atoms with E-state index in [9.17, 15) is 0 Å². The largest absolute Gasteiger partial charge is 0.496 e. The summed E-state index contributed by atoms with van der Waals surface area (Å²) in [5.74, 6) is 2.37. The topological polar surface area (TPSA) is 43.0 Å². The molecule has 1 heterocycles. The molecule has 0 saturated heterocycles. The van der Waals surface area contributed by atoms with Crippen LogP contribution in [0.4, 0.5) is 0 Å². The molecule has 0 aliphatic carbocycles. The van der Waals surface area contributed by atoms with Crippen molar-refractivity contribution in [3.8, 4) is 17.2 Å². The first-order valence-corrected chi connectivity index (χ1v) is 9.96. The Morgan fingerprint density at radius 2 is 1.82 bits per heavy atom. The molecule has 1 unspecified atom stereocenters. The van der Waals surface area contributed by atoms with Crippen LogP contribution in [0.3, 0.4) is 0 Å². The summed E-state index contributed by atoms with van der Waals surface area (Å²) in [6, 6.07) is 9.92. The van der Waals surface area contributed by atoms with E-state index in [-0.39, 0.29) is 6.04 Å². The third-order valence-electron chi connectivity index (χ3n) is 4.99. The number of nitrogens with zero attached hydrogens (tertiary/aromatic N) is 1. The van der Waals surface area contributed by atoms with Crippen LogP contribution in [0.5, 0.6) is 17.2 Å². The number of ether oxygens (including phenoxy) is 3. The zero-order chi connectivity index (χ0) is 20.1. The van der Waals surface area contributed by atoms with Crippen molar-refractivity contribution in [2.45, 2.75) is 18.9 Å². The van der Waals surface area contributed by atoms with Gasteiger partial charge in [0, 0.05) is 23.7 Å². The molecule has 5 nitrogen and oxygen atoms in total. The van der Waals surface area contributed by atoms with E-state index < -0.39 is 0 Å². The summed E-state index contributed by atoms with van der Waals surface area (Å²) in [6.07, 6.45) is 1.89. The zero-order valence-corrected chi connectivity index (χ0v) is 17.8. The molecule has 0 aromatic heterocycles. The first kappa shape index (κ1) is 20.8. The Hall–Kier alpha value is -1.95. The number of methoxy groups -OCH3 is 2. The van der Waals surface area contributed by atoms with E-state index in [0.29, 0.717) is 11.6 Å². The fourth-order valence-corrected chi connectivity index (χ4v) is 3.79. The van der Waals surface area contributed by atoms with Gasteiger partial charge in [-0.1, -0.05) is 11.6 Å². The molecule has 3 rings (SSSR count). The Bertz CT molecular complexity index is 811. The average Bonchev–Trinajstić information content (AvgIpc) is 2.69. The van der Waals surface area contributed by atoms with Crippen LogP contribution in [0, 0.1) is 0 Å². The zero-order valence-electron chi connectivity index (χ0n) is 17.0. The van der Waals surface area contributed by atoms with Gasteiger partial charge in [-0.25, -0.2) is 0 Å². The summed E-state index contributed by atoms with van der Waals surface area (Å²) in [4.78, 5) is 2.15. The minimum Gasteiger partial charge on any atom is -0.496 e. The molecule has 0 spiro atoms. The van der Waals surface area contributed by atoms with Gasteiger partial charge in [0.05, 0.1) is 26.9 Å². The van der Waals surface area contributed by atoms with Gasteiger partial charge in [-0.05, 0) is 68.4 Å². The second kappa shape index (κ2) is 9.50. The van der Waals surface area contributed by atoms with Crippen LogP contribution in [0.2, 0.25) is 5.02 Å². The van der Waals surface area contributed by atoms with Crippen LogP contribution < -0.4 is 19.5 Å². The summed E-state index contributed by atoms with van der Waals surface area (Å²) in [7, 11) is 7.50. The average molecular weight is 405 g/mol. The van der Waals surface area contributed by atoms with Crippen molar-refractivity contribution < 1.29 is 14.2 Å². The minimum atomic E-state index is -0.00701. The SMILES string of the molecule is COc1cc2c(cc1OCCCN(C)C)C(c1cc(Cl)ccc1OC)NCC2. The predicted molar refractivity (Wildman–Crippen MR) is 113 cm³/mol. The Morgan fingerprint density at radius 1 is 1.04 bits per heavy atom. The van der Waals surface area contributed by atoms with Crippen molar-refractivity contribution in [3.63, 3.8) is 0 Å². The lowest BCUT2D eigenvalue weighted by molar-refractivity contribution is 0.267. The second-order valence-corrected chi connectivity index (χ2v) is 7.67. The molecule has 0 bridgehead atoms. The third kappa shape index (κ3) is 4.72. The van der Waals surface area contributed by atoms with Crippen LogP contribution in [0.25, 0.3) is 0 Å². The summed E-state index contributed by atoms with van der Waals surface area (Å²) < 4.78 is 17.3. The van der Waals surface area contributed by atoms with Gasteiger partial charge in [-0.2, -0.15) is 0 Å². The molecule has 28 heavy (non-hydrogen) atoms. The quantitative estimate of drug-likeness (QED) is 0.675. The van der Waals surface area contributed by atoms with Gasteiger partial charge < -0.3 is 24.4 Å². The van der Waals surface area contributed by atoms with E-state index in [1.807, 2.05) is 18.2 Å². The van der Waals surface area contributed by atoms with Crippen LogP contribution >= 0.6 is 11.6 Å². The maximum Gasteiger partial charge on any atom is 0.161 e. The Kier molecular flexibility index (Phi) is 7.05. The molecule has 0 saturated carbocycles. The van der Waals surface area contributed by atoms with Crippen molar-refractivity contribution in [2.24, 2.45) is 0 Å². The predicted octanol–water partition coefficient (Wildman–Crippen LogP) is 3.92. The van der Waals surface area contributed by atoms with Crippen molar-refractivity contribution in [2.75, 3.05) is 48.0 Å². The normalized spacial score (nSPS) is 16.0. The smallest absolute Gasteiger partial charge is 0.161 e. The maximum absolute atomic E-state index is 6.28. The highest BCUT2D eigenvalue weighted by Crippen LogP contribution is 2.40. The Labute approximate surface area is 172 Å². The highest BCUT2D eigenvalue weighted by molar-refractivity contribution is 6.30. The highest BCUT2D eigenvalue weighted by atomic mass is 35.5. The monoisotopic (exact) mass is 404 g/mol. The molecule has 1 aliphatic heterocycles. The lowest BCUT2D eigenvalue weighted by atomic mass is 9.89. The number of rotatable bonds is 8. The van der Waals surface area contributed by atoms with Crippen molar-refractivity contribution >= 4 is 11.6 Å². The lowest BCUT2D eigenvalue weighted by Gasteiger charge is -2.29. The maximum atomic E-state index is 6.28. The molecule has 0 amide bonds. The van der Waals surface area contributed by atoms with Gasteiger partial charge >= 0.3 is 0 Å². The van der Waals surface area contributed by atoms with Gasteiger partial charge in [-0.15, -0.1) is 0 Å². The van der Waals surface area contributed by atoms with Crippen LogP contribution in [-0.4, -0.2) is 52.9 Å². The van der Waals surface area contributed by atoms with Crippen molar-refractivity contribution in [3.05, 3.63) is 52.0 Å². The molecule has 152 valence electrons. The summed E-state index contributed by atoms with van der Waals surface area (Å²) in [5.41, 5.74) is 3.46. The molecular formula is C22H29ClN2O3. The molecule has 1 aliphatic rings. The number of fused-ring (bicyclic) bond motifs is 1. The minimum absolute atomic E-state index is 0.00701. The molecular weight excluding hydrogens is 376 g/mol. The standard InChI is InChI=1S/C22H29ClN2O3/c1-25(2)10-5-11-28-21-14-17-15(12-20(21)27-4)8-9-24-22(17)18-13-16(23)6-7-19(18)26-3/h6-7,12-14,22,24H,5,8-11H2,1-4H3. The van der Waals surface area contributed by atoms with Crippen LogP contribution in [-0.2, 0) is 6.42 Å². The van der Waals surface area contributed by atoms with Gasteiger partial charge in [-0.3, -0.25) is 0 Å². The van der Waals surface area contributed by atoms with E-state index in [1.165, 1.54) is 11.1 Å². The van der Waals surface area contributed by atoms with Crippen LogP contribution in [0.15, 0.2) is 30.3 Å². The number of halogens is 1. The second-order valence-electron chi connectivity index (χ2n) is 7.23. The molecule has 2 aromatic rings. The van der Waals surface area contributed by atoms with Gasteiger partial charge in [0.15, 0.2) is 11.5 Å². The molecule has 1 atom stereocenters. The first-order valence-electron chi connectivity index (χ1n) is 9.58. The molecule has 6 heteroatoms. The van der Waals surface area contributed by atoms with Gasteiger partial charge in [0.2, 0.25) is 0 Å². The Morgan fingerprint density at radius 3 is 2.54 bits per heavy atom. The fraction of sp³-hybridized carbons (Fsp3) is 0.455. The summed E-state index contributed by atoms with van der Waals surface area (Å²) >= 11 is 6.28. The summed E-state index contributed by atoms with van der Waals surface area (Å²) in [5, 5.41) is 4.29. The number of benzene rings is 2. The van der Waals surface area contributed by atoms with Crippen molar-refractivity contribution in [1.29, 1.82) is 0 Å². The Balaban J connectivity index is 1.93. The lowest BCUT2D eigenvalue weighted by Crippen LogP contribution is -2.31. The van der Waals surface area contributed by atoms with E-state index >= 15 is 0 Å². The molecule has 0 fully saturated rings. The van der Waals surface area contributed by atoms with E-state index in [0.717, 1.165) is 48.7 Å². The van der Waals surface area contributed by atoms with E-state index in [4.69, 9.17) is 25.8 Å². The summed E-state index contributed by atoms with van der Waals surface area (Å²) in [6.45, 7) is 2.50. The highest BCUT2D eigenvalue weighted by Gasteiger charge is 2.26. The van der Waals surface area contributed by atoms with E-state index in [2.05, 4.69) is 36.4 Å².